The lowest BCUT2D eigenvalue weighted by Gasteiger charge is -2.33. The van der Waals surface area contributed by atoms with Crippen molar-refractivity contribution in [3.63, 3.8) is 0 Å². The fraction of sp³-hybridized carbons (Fsp3) is 0.636. The fourth-order valence-electron chi connectivity index (χ4n) is 1.89. The summed E-state index contributed by atoms with van der Waals surface area (Å²) in [6, 6.07) is 2.07. The number of nitrogens with zero attached hydrogens (tertiary/aromatic N) is 4. The van der Waals surface area contributed by atoms with E-state index in [1.807, 2.05) is 5.38 Å². The monoisotopic (exact) mass is 236 g/mol. The van der Waals surface area contributed by atoms with E-state index >= 15 is 0 Å². The van der Waals surface area contributed by atoms with E-state index in [0.29, 0.717) is 5.69 Å². The van der Waals surface area contributed by atoms with E-state index in [1.165, 1.54) is 0 Å². The number of rotatable bonds is 3. The zero-order valence-electron chi connectivity index (χ0n) is 9.52. The largest absolute Gasteiger partial charge is 0.301 e. The normalized spacial score (nSPS) is 18.5. The van der Waals surface area contributed by atoms with Crippen molar-refractivity contribution in [2.75, 3.05) is 32.7 Å². The van der Waals surface area contributed by atoms with E-state index in [2.05, 4.69) is 27.8 Å². The van der Waals surface area contributed by atoms with Crippen LogP contribution >= 0.6 is 11.3 Å². The van der Waals surface area contributed by atoms with Gasteiger partial charge < -0.3 is 4.90 Å². The molecule has 1 saturated heterocycles. The Morgan fingerprint density at radius 3 is 2.62 bits per heavy atom. The summed E-state index contributed by atoms with van der Waals surface area (Å²) in [5, 5.41) is 11.6. The van der Waals surface area contributed by atoms with Crippen LogP contribution in [-0.4, -0.2) is 47.5 Å². The van der Waals surface area contributed by atoms with Gasteiger partial charge in [0.2, 0.25) is 0 Å². The van der Waals surface area contributed by atoms with Crippen LogP contribution in [-0.2, 0) is 6.54 Å². The first-order chi connectivity index (χ1) is 7.81. The predicted octanol–water partition coefficient (Wildman–Crippen LogP) is 1.15. The molecule has 1 aliphatic rings. The molecule has 4 nitrogen and oxygen atoms in total. The summed E-state index contributed by atoms with van der Waals surface area (Å²) < 4.78 is 0. The summed E-state index contributed by atoms with van der Waals surface area (Å²) in [4.78, 5) is 9.13. The highest BCUT2D eigenvalue weighted by atomic mass is 32.1. The van der Waals surface area contributed by atoms with E-state index in [0.717, 1.165) is 44.3 Å². The van der Waals surface area contributed by atoms with Gasteiger partial charge in [0.25, 0.3) is 0 Å². The second-order valence-corrected chi connectivity index (χ2v) is 4.89. The quantitative estimate of drug-likeness (QED) is 0.789. The van der Waals surface area contributed by atoms with Crippen molar-refractivity contribution in [2.24, 2.45) is 0 Å². The molecule has 0 saturated carbocycles. The summed E-state index contributed by atoms with van der Waals surface area (Å²) in [7, 11) is 0. The lowest BCUT2D eigenvalue weighted by Crippen LogP contribution is -2.45. The maximum atomic E-state index is 8.70. The second kappa shape index (κ2) is 5.39. The predicted molar refractivity (Wildman–Crippen MR) is 64.2 cm³/mol. The minimum Gasteiger partial charge on any atom is -0.301 e. The third-order valence-corrected chi connectivity index (χ3v) is 3.77. The summed E-state index contributed by atoms with van der Waals surface area (Å²) in [5.41, 5.74) is 0.548. The van der Waals surface area contributed by atoms with Crippen LogP contribution in [0.5, 0.6) is 0 Å². The summed E-state index contributed by atoms with van der Waals surface area (Å²) >= 11 is 1.59. The molecule has 0 aliphatic carbocycles. The molecule has 86 valence electrons. The molecule has 1 aromatic rings. The van der Waals surface area contributed by atoms with E-state index in [1.54, 1.807) is 11.3 Å². The molecule has 0 unspecified atom stereocenters. The molecule has 2 heterocycles. The van der Waals surface area contributed by atoms with Crippen molar-refractivity contribution >= 4 is 11.3 Å². The molecule has 1 fully saturated rings. The molecular weight excluding hydrogens is 220 g/mol. The first-order valence-corrected chi connectivity index (χ1v) is 6.49. The SMILES string of the molecule is CCN1CCN(Cc2nc(C#N)cs2)CC1. The van der Waals surface area contributed by atoms with Gasteiger partial charge in [-0.25, -0.2) is 4.98 Å². The molecule has 5 heteroatoms. The van der Waals surface area contributed by atoms with Gasteiger partial charge in [0.15, 0.2) is 5.69 Å². The highest BCUT2D eigenvalue weighted by Gasteiger charge is 2.16. The smallest absolute Gasteiger partial charge is 0.151 e. The Balaban J connectivity index is 1.85. The Morgan fingerprint density at radius 2 is 2.06 bits per heavy atom. The van der Waals surface area contributed by atoms with Gasteiger partial charge in [0, 0.05) is 31.6 Å². The van der Waals surface area contributed by atoms with Gasteiger partial charge in [0.05, 0.1) is 6.54 Å². The average Bonchev–Trinajstić information content (AvgIpc) is 2.78. The van der Waals surface area contributed by atoms with E-state index in [-0.39, 0.29) is 0 Å². The molecule has 0 N–H and O–H groups in total. The van der Waals surface area contributed by atoms with Crippen molar-refractivity contribution < 1.29 is 0 Å². The molecule has 0 aromatic carbocycles. The molecule has 0 bridgehead atoms. The van der Waals surface area contributed by atoms with Crippen molar-refractivity contribution in [1.29, 1.82) is 5.26 Å². The van der Waals surface area contributed by atoms with Gasteiger partial charge in [0.1, 0.15) is 11.1 Å². The zero-order chi connectivity index (χ0) is 11.4. The maximum absolute atomic E-state index is 8.70. The highest BCUT2D eigenvalue weighted by Crippen LogP contribution is 2.13. The Kier molecular flexibility index (Phi) is 3.88. The van der Waals surface area contributed by atoms with Crippen LogP contribution in [0.25, 0.3) is 0 Å². The maximum Gasteiger partial charge on any atom is 0.151 e. The minimum atomic E-state index is 0.548. The van der Waals surface area contributed by atoms with Gasteiger partial charge in [-0.05, 0) is 6.54 Å². The standard InChI is InChI=1S/C11H16N4S/c1-2-14-3-5-15(6-4-14)8-11-13-10(7-12)9-16-11/h9H,2-6,8H2,1H3. The molecule has 1 aliphatic heterocycles. The lowest BCUT2D eigenvalue weighted by molar-refractivity contribution is 0.132. The number of likely N-dealkylation sites (N-methyl/N-ethyl adjacent to an activating group) is 1. The molecular formula is C11H16N4S. The van der Waals surface area contributed by atoms with E-state index in [4.69, 9.17) is 5.26 Å². The Morgan fingerprint density at radius 1 is 1.38 bits per heavy atom. The lowest BCUT2D eigenvalue weighted by atomic mass is 10.3. The second-order valence-electron chi connectivity index (χ2n) is 3.95. The van der Waals surface area contributed by atoms with Crippen LogP contribution < -0.4 is 0 Å². The van der Waals surface area contributed by atoms with Gasteiger partial charge >= 0.3 is 0 Å². The van der Waals surface area contributed by atoms with Crippen LogP contribution in [0.1, 0.15) is 17.6 Å². The first-order valence-electron chi connectivity index (χ1n) is 5.61. The number of aromatic nitrogens is 1. The third kappa shape index (κ3) is 2.79. The van der Waals surface area contributed by atoms with Crippen molar-refractivity contribution in [3.05, 3.63) is 16.1 Å². The van der Waals surface area contributed by atoms with Crippen LogP contribution in [0, 0.1) is 11.3 Å². The highest BCUT2D eigenvalue weighted by molar-refractivity contribution is 7.09. The number of piperazine rings is 1. The number of hydrogen-bond donors (Lipinski definition) is 0. The molecule has 2 rings (SSSR count). The van der Waals surface area contributed by atoms with Crippen LogP contribution in [0.3, 0.4) is 0 Å². The van der Waals surface area contributed by atoms with Gasteiger partial charge in [-0.3, -0.25) is 4.90 Å². The van der Waals surface area contributed by atoms with Crippen molar-refractivity contribution in [1.82, 2.24) is 14.8 Å². The summed E-state index contributed by atoms with van der Waals surface area (Å²) in [5.74, 6) is 0. The van der Waals surface area contributed by atoms with Gasteiger partial charge in [-0.15, -0.1) is 11.3 Å². The van der Waals surface area contributed by atoms with Crippen LogP contribution in [0.4, 0.5) is 0 Å². The van der Waals surface area contributed by atoms with E-state index in [9.17, 15) is 0 Å². The molecule has 0 spiro atoms. The number of hydrogen-bond acceptors (Lipinski definition) is 5. The number of thiazole rings is 1. The number of nitriles is 1. The molecule has 1 aromatic heterocycles. The topological polar surface area (TPSA) is 43.2 Å². The molecule has 0 amide bonds. The Hall–Kier alpha value is -0.960. The molecule has 0 atom stereocenters. The zero-order valence-corrected chi connectivity index (χ0v) is 10.3. The summed E-state index contributed by atoms with van der Waals surface area (Å²) in [6.45, 7) is 8.74. The van der Waals surface area contributed by atoms with Crippen molar-refractivity contribution in [2.45, 2.75) is 13.5 Å². The van der Waals surface area contributed by atoms with E-state index < -0.39 is 0 Å². The molecule has 16 heavy (non-hydrogen) atoms. The molecule has 0 radical (unpaired) electrons. The minimum absolute atomic E-state index is 0.548. The Bertz CT molecular complexity index is 374. The third-order valence-electron chi connectivity index (χ3n) is 2.94. The summed E-state index contributed by atoms with van der Waals surface area (Å²) in [6.07, 6.45) is 0. The fourth-order valence-corrected chi connectivity index (χ4v) is 2.65. The van der Waals surface area contributed by atoms with Gasteiger partial charge in [-0.2, -0.15) is 5.26 Å². The first kappa shape index (κ1) is 11.5. The average molecular weight is 236 g/mol. The van der Waals surface area contributed by atoms with Gasteiger partial charge in [-0.1, -0.05) is 6.92 Å². The Labute approximate surface area is 100 Å². The van der Waals surface area contributed by atoms with Crippen molar-refractivity contribution in [3.8, 4) is 6.07 Å². The van der Waals surface area contributed by atoms with Crippen LogP contribution in [0.15, 0.2) is 5.38 Å². The van der Waals surface area contributed by atoms with Crippen LogP contribution in [0.2, 0.25) is 0 Å².